The number of hydrogen-bond acceptors (Lipinski definition) is 4. The lowest BCUT2D eigenvalue weighted by molar-refractivity contribution is -0.142. The zero-order valence-electron chi connectivity index (χ0n) is 12.3. The summed E-state index contributed by atoms with van der Waals surface area (Å²) < 4.78 is 0. The maximum atomic E-state index is 11.7. The highest BCUT2D eigenvalue weighted by Gasteiger charge is 2.29. The molecule has 0 aromatic heterocycles. The minimum Gasteiger partial charge on any atom is -0.380 e. The van der Waals surface area contributed by atoms with Crippen LogP contribution in [0, 0.1) is 0 Å². The van der Waals surface area contributed by atoms with Gasteiger partial charge in [-0.1, -0.05) is 25.5 Å². The molecule has 2 amide bonds. The van der Waals surface area contributed by atoms with E-state index in [1.165, 1.54) is 12.6 Å². The Labute approximate surface area is 124 Å². The van der Waals surface area contributed by atoms with Crippen LogP contribution >= 0.6 is 0 Å². The van der Waals surface area contributed by atoms with E-state index in [0.29, 0.717) is 5.69 Å². The largest absolute Gasteiger partial charge is 0.380 e. The third-order valence-corrected chi connectivity index (χ3v) is 3.12. The Morgan fingerprint density at radius 2 is 1.67 bits per heavy atom. The number of benzene rings is 1. The van der Waals surface area contributed by atoms with Crippen LogP contribution in [0.4, 0.5) is 5.69 Å². The number of rotatable bonds is 7. The van der Waals surface area contributed by atoms with Gasteiger partial charge in [-0.3, -0.25) is 9.59 Å². The van der Waals surface area contributed by atoms with Crippen LogP contribution in [-0.2, 0) is 16.0 Å². The van der Waals surface area contributed by atoms with Gasteiger partial charge in [-0.05, 0) is 30.5 Å². The molecular weight excluding hydrogens is 272 g/mol. The molecule has 0 heterocycles. The zero-order chi connectivity index (χ0) is 15.8. The summed E-state index contributed by atoms with van der Waals surface area (Å²) >= 11 is 0. The molecule has 21 heavy (non-hydrogen) atoms. The number of likely N-dealkylation sites (N-methyl/N-ethyl adjacent to an activating group) is 1. The molecule has 4 N–H and O–H groups in total. The van der Waals surface area contributed by atoms with Crippen LogP contribution in [0.2, 0.25) is 0 Å². The van der Waals surface area contributed by atoms with Crippen LogP contribution in [0.3, 0.4) is 0 Å². The van der Waals surface area contributed by atoms with Crippen LogP contribution in [0.25, 0.3) is 0 Å². The smallest absolute Gasteiger partial charge is 0.256 e. The molecule has 0 fully saturated rings. The first-order chi connectivity index (χ1) is 9.99. The van der Waals surface area contributed by atoms with E-state index in [2.05, 4.69) is 17.6 Å². The van der Waals surface area contributed by atoms with E-state index in [9.17, 15) is 19.8 Å². The van der Waals surface area contributed by atoms with E-state index in [0.717, 1.165) is 19.3 Å². The lowest BCUT2D eigenvalue weighted by Crippen LogP contribution is -2.46. The van der Waals surface area contributed by atoms with Gasteiger partial charge in [-0.2, -0.15) is 0 Å². The Morgan fingerprint density at radius 1 is 1.10 bits per heavy atom. The number of aryl methyl sites for hydroxylation is 1. The third kappa shape index (κ3) is 5.17. The molecule has 0 saturated heterocycles. The van der Waals surface area contributed by atoms with Gasteiger partial charge in [0.25, 0.3) is 11.8 Å². The molecule has 0 aliphatic carbocycles. The van der Waals surface area contributed by atoms with Crippen LogP contribution in [0.1, 0.15) is 25.3 Å². The first-order valence-corrected chi connectivity index (χ1v) is 6.97. The summed E-state index contributed by atoms with van der Waals surface area (Å²) in [7, 11) is 1.31. The number of aliphatic hydroxyl groups excluding tert-OH is 2. The average Bonchev–Trinajstić information content (AvgIpc) is 2.51. The SMILES string of the molecule is CCCCc1ccc(NC(=O)C(O)C(O)C(=O)NC)cc1. The van der Waals surface area contributed by atoms with Crippen molar-refractivity contribution in [2.45, 2.75) is 38.4 Å². The van der Waals surface area contributed by atoms with Crippen LogP contribution in [0.15, 0.2) is 24.3 Å². The van der Waals surface area contributed by atoms with Crippen molar-refractivity contribution in [1.82, 2.24) is 5.32 Å². The molecule has 1 rings (SSSR count). The minimum absolute atomic E-state index is 0.503. The van der Waals surface area contributed by atoms with Crippen molar-refractivity contribution in [1.29, 1.82) is 0 Å². The number of carbonyl (C=O) groups is 2. The quantitative estimate of drug-likeness (QED) is 0.586. The van der Waals surface area contributed by atoms with Gasteiger partial charge in [-0.15, -0.1) is 0 Å². The highest BCUT2D eigenvalue weighted by atomic mass is 16.3. The van der Waals surface area contributed by atoms with Gasteiger partial charge < -0.3 is 20.8 Å². The van der Waals surface area contributed by atoms with Crippen LogP contribution < -0.4 is 10.6 Å². The number of hydrogen-bond donors (Lipinski definition) is 4. The fraction of sp³-hybridized carbons (Fsp3) is 0.467. The van der Waals surface area contributed by atoms with Gasteiger partial charge in [0.05, 0.1) is 0 Å². The van der Waals surface area contributed by atoms with Gasteiger partial charge in [0, 0.05) is 12.7 Å². The van der Waals surface area contributed by atoms with Gasteiger partial charge in [0.1, 0.15) is 0 Å². The van der Waals surface area contributed by atoms with E-state index >= 15 is 0 Å². The summed E-state index contributed by atoms with van der Waals surface area (Å²) in [6, 6.07) is 7.24. The summed E-state index contributed by atoms with van der Waals surface area (Å²) in [6.07, 6.45) is -0.420. The van der Waals surface area contributed by atoms with Gasteiger partial charge >= 0.3 is 0 Å². The van der Waals surface area contributed by atoms with E-state index in [4.69, 9.17) is 0 Å². The molecular formula is C15H22N2O4. The summed E-state index contributed by atoms with van der Waals surface area (Å²) in [5, 5.41) is 23.7. The number of nitrogens with one attached hydrogen (secondary N) is 2. The lowest BCUT2D eigenvalue weighted by atomic mass is 10.1. The molecule has 2 atom stereocenters. The maximum Gasteiger partial charge on any atom is 0.256 e. The van der Waals surface area contributed by atoms with Crippen molar-refractivity contribution in [2.75, 3.05) is 12.4 Å². The normalized spacial score (nSPS) is 13.3. The Hall–Kier alpha value is -1.92. The number of carbonyl (C=O) groups excluding carboxylic acids is 2. The molecule has 0 saturated carbocycles. The Balaban J connectivity index is 2.60. The molecule has 0 spiro atoms. The molecule has 0 radical (unpaired) electrons. The fourth-order valence-corrected chi connectivity index (χ4v) is 1.79. The van der Waals surface area contributed by atoms with Crippen molar-refractivity contribution >= 4 is 17.5 Å². The standard InChI is InChI=1S/C15H22N2O4/c1-3-4-5-10-6-8-11(9-7-10)17-15(21)13(19)12(18)14(20)16-2/h6-9,12-13,18-19H,3-5H2,1-2H3,(H,16,20)(H,17,21). The molecule has 6 nitrogen and oxygen atoms in total. The molecule has 0 bridgehead atoms. The molecule has 1 aromatic rings. The zero-order valence-corrected chi connectivity index (χ0v) is 12.3. The minimum atomic E-state index is -1.82. The Morgan fingerprint density at radius 3 is 2.19 bits per heavy atom. The van der Waals surface area contributed by atoms with E-state index in [1.54, 1.807) is 12.1 Å². The molecule has 1 aromatic carbocycles. The molecule has 0 aliphatic heterocycles. The maximum absolute atomic E-state index is 11.7. The number of anilines is 1. The van der Waals surface area contributed by atoms with E-state index in [-0.39, 0.29) is 0 Å². The predicted octanol–water partition coefficient (Wildman–Crippen LogP) is 0.435. The Kier molecular flexibility index (Phi) is 6.84. The second kappa shape index (κ2) is 8.39. The third-order valence-electron chi connectivity index (χ3n) is 3.12. The number of aliphatic hydroxyl groups is 2. The topological polar surface area (TPSA) is 98.7 Å². The molecule has 116 valence electrons. The second-order valence-corrected chi connectivity index (χ2v) is 4.79. The monoisotopic (exact) mass is 294 g/mol. The lowest BCUT2D eigenvalue weighted by Gasteiger charge is -2.16. The molecule has 6 heteroatoms. The highest BCUT2D eigenvalue weighted by molar-refractivity contribution is 5.98. The molecule has 0 aliphatic rings. The van der Waals surface area contributed by atoms with E-state index < -0.39 is 24.0 Å². The van der Waals surface area contributed by atoms with Crippen molar-refractivity contribution in [2.24, 2.45) is 0 Å². The van der Waals surface area contributed by atoms with Crippen molar-refractivity contribution in [3.05, 3.63) is 29.8 Å². The van der Waals surface area contributed by atoms with Crippen LogP contribution in [0.5, 0.6) is 0 Å². The second-order valence-electron chi connectivity index (χ2n) is 4.79. The van der Waals surface area contributed by atoms with Crippen LogP contribution in [-0.4, -0.2) is 41.3 Å². The summed E-state index contributed by atoms with van der Waals surface area (Å²) in [4.78, 5) is 22.9. The summed E-state index contributed by atoms with van der Waals surface area (Å²) in [5.41, 5.74) is 1.67. The van der Waals surface area contributed by atoms with Crippen molar-refractivity contribution in [3.8, 4) is 0 Å². The average molecular weight is 294 g/mol. The fourth-order valence-electron chi connectivity index (χ4n) is 1.79. The number of amides is 2. The highest BCUT2D eigenvalue weighted by Crippen LogP contribution is 2.12. The Bertz CT molecular complexity index is 473. The van der Waals surface area contributed by atoms with Gasteiger partial charge in [0.2, 0.25) is 0 Å². The van der Waals surface area contributed by atoms with Crippen molar-refractivity contribution in [3.63, 3.8) is 0 Å². The predicted molar refractivity (Wildman–Crippen MR) is 79.8 cm³/mol. The summed E-state index contributed by atoms with van der Waals surface area (Å²) in [5.74, 6) is -1.64. The van der Waals surface area contributed by atoms with E-state index in [1.807, 2.05) is 12.1 Å². The van der Waals surface area contributed by atoms with Gasteiger partial charge in [0.15, 0.2) is 12.2 Å². The van der Waals surface area contributed by atoms with Crippen molar-refractivity contribution < 1.29 is 19.8 Å². The first-order valence-electron chi connectivity index (χ1n) is 6.97. The molecule has 2 unspecified atom stereocenters. The summed E-state index contributed by atoms with van der Waals surface area (Å²) in [6.45, 7) is 2.12. The first kappa shape index (κ1) is 17.1. The van der Waals surface area contributed by atoms with Gasteiger partial charge in [-0.25, -0.2) is 0 Å². The number of unbranched alkanes of at least 4 members (excludes halogenated alkanes) is 1.